The fraction of sp³-hybridized carbons (Fsp3) is 0.412. The van der Waals surface area contributed by atoms with Gasteiger partial charge < -0.3 is 10.1 Å². The first-order valence-corrected chi connectivity index (χ1v) is 7.51. The van der Waals surface area contributed by atoms with Gasteiger partial charge in [0.1, 0.15) is 17.4 Å². The summed E-state index contributed by atoms with van der Waals surface area (Å²) in [4.78, 5) is 9.14. The molecule has 1 heterocycles. The number of rotatable bonds is 6. The van der Waals surface area contributed by atoms with Crippen molar-refractivity contribution in [1.29, 1.82) is 0 Å². The van der Waals surface area contributed by atoms with Crippen molar-refractivity contribution in [3.05, 3.63) is 36.2 Å². The van der Waals surface area contributed by atoms with Crippen LogP contribution in [0.2, 0.25) is 0 Å². The molecule has 112 valence electrons. The van der Waals surface area contributed by atoms with Gasteiger partial charge in [-0.15, -0.1) is 0 Å². The van der Waals surface area contributed by atoms with E-state index < -0.39 is 0 Å². The highest BCUT2D eigenvalue weighted by atomic mass is 16.5. The summed E-state index contributed by atoms with van der Waals surface area (Å²) >= 11 is 0. The fourth-order valence-corrected chi connectivity index (χ4v) is 2.10. The van der Waals surface area contributed by atoms with E-state index in [1.165, 1.54) is 0 Å². The van der Waals surface area contributed by atoms with Gasteiger partial charge in [-0.2, -0.15) is 0 Å². The van der Waals surface area contributed by atoms with E-state index in [-0.39, 0.29) is 6.10 Å². The van der Waals surface area contributed by atoms with Gasteiger partial charge in [-0.3, -0.25) is 0 Å². The van der Waals surface area contributed by atoms with Gasteiger partial charge in [0, 0.05) is 24.6 Å². The molecule has 0 aliphatic rings. The lowest BCUT2D eigenvalue weighted by Crippen LogP contribution is -2.08. The Bertz CT molecular complexity index is 596. The molecule has 0 unspecified atom stereocenters. The minimum Gasteiger partial charge on any atom is -0.490 e. The van der Waals surface area contributed by atoms with Crippen molar-refractivity contribution in [2.45, 2.75) is 40.2 Å². The van der Waals surface area contributed by atoms with E-state index in [1.54, 1.807) is 0 Å². The molecule has 0 saturated carbocycles. The molecule has 0 fully saturated rings. The van der Waals surface area contributed by atoms with Crippen molar-refractivity contribution < 1.29 is 4.74 Å². The molecule has 0 amide bonds. The lowest BCUT2D eigenvalue weighted by molar-refractivity contribution is 0.243. The van der Waals surface area contributed by atoms with E-state index in [9.17, 15) is 0 Å². The second-order valence-electron chi connectivity index (χ2n) is 5.10. The SMILES string of the molecule is CCNc1cc(-c2ccccc2OC(C)C)nc(CC)n1. The van der Waals surface area contributed by atoms with Crippen molar-refractivity contribution >= 4 is 5.82 Å². The van der Waals surface area contributed by atoms with Crippen LogP contribution in [-0.2, 0) is 6.42 Å². The van der Waals surface area contributed by atoms with Crippen molar-refractivity contribution in [1.82, 2.24) is 9.97 Å². The summed E-state index contributed by atoms with van der Waals surface area (Å²) in [6.07, 6.45) is 0.936. The lowest BCUT2D eigenvalue weighted by Gasteiger charge is -2.15. The minimum absolute atomic E-state index is 0.131. The van der Waals surface area contributed by atoms with Crippen LogP contribution in [0.4, 0.5) is 5.82 Å². The molecule has 0 spiro atoms. The quantitative estimate of drug-likeness (QED) is 0.873. The Kier molecular flexibility index (Phi) is 5.14. The maximum Gasteiger partial charge on any atom is 0.131 e. The normalized spacial score (nSPS) is 10.7. The van der Waals surface area contributed by atoms with Crippen molar-refractivity contribution in [2.24, 2.45) is 0 Å². The number of ether oxygens (including phenoxy) is 1. The highest BCUT2D eigenvalue weighted by Gasteiger charge is 2.11. The van der Waals surface area contributed by atoms with Gasteiger partial charge in [-0.1, -0.05) is 19.1 Å². The zero-order valence-corrected chi connectivity index (χ0v) is 13.2. The molecule has 2 aromatic rings. The number of aryl methyl sites for hydroxylation is 1. The molecular weight excluding hydrogens is 262 g/mol. The Morgan fingerprint density at radius 1 is 1.14 bits per heavy atom. The summed E-state index contributed by atoms with van der Waals surface area (Å²) < 4.78 is 5.89. The fourth-order valence-electron chi connectivity index (χ4n) is 2.10. The number of hydrogen-bond donors (Lipinski definition) is 1. The second kappa shape index (κ2) is 7.07. The van der Waals surface area contributed by atoms with Crippen LogP contribution < -0.4 is 10.1 Å². The molecule has 0 aliphatic heterocycles. The van der Waals surface area contributed by atoms with Crippen LogP contribution in [0.25, 0.3) is 11.3 Å². The van der Waals surface area contributed by atoms with E-state index in [2.05, 4.69) is 29.1 Å². The number of nitrogens with one attached hydrogen (secondary N) is 1. The van der Waals surface area contributed by atoms with Crippen LogP contribution in [0.3, 0.4) is 0 Å². The third-order valence-corrected chi connectivity index (χ3v) is 2.97. The summed E-state index contributed by atoms with van der Waals surface area (Å²) in [5, 5.41) is 3.26. The maximum absolute atomic E-state index is 5.89. The number of nitrogens with zero attached hydrogens (tertiary/aromatic N) is 2. The lowest BCUT2D eigenvalue weighted by atomic mass is 10.1. The number of benzene rings is 1. The topological polar surface area (TPSA) is 47.0 Å². The Balaban J connectivity index is 2.47. The molecule has 4 nitrogen and oxygen atoms in total. The zero-order valence-electron chi connectivity index (χ0n) is 13.2. The van der Waals surface area contributed by atoms with Crippen molar-refractivity contribution in [2.75, 3.05) is 11.9 Å². The van der Waals surface area contributed by atoms with Crippen LogP contribution in [0, 0.1) is 0 Å². The predicted molar refractivity (Wildman–Crippen MR) is 86.8 cm³/mol. The van der Waals surface area contributed by atoms with E-state index in [0.29, 0.717) is 0 Å². The predicted octanol–water partition coefficient (Wildman–Crippen LogP) is 3.93. The molecule has 0 atom stereocenters. The number of anilines is 1. The van der Waals surface area contributed by atoms with Crippen LogP contribution in [0.5, 0.6) is 5.75 Å². The number of para-hydroxylation sites is 1. The average molecular weight is 285 g/mol. The molecule has 0 radical (unpaired) electrons. The van der Waals surface area contributed by atoms with E-state index in [1.807, 2.05) is 44.2 Å². The maximum atomic E-state index is 5.89. The summed E-state index contributed by atoms with van der Waals surface area (Å²) in [6.45, 7) is 9.01. The van der Waals surface area contributed by atoms with Gasteiger partial charge in [0.25, 0.3) is 0 Å². The molecule has 0 aliphatic carbocycles. The van der Waals surface area contributed by atoms with Gasteiger partial charge in [-0.05, 0) is 32.9 Å². The monoisotopic (exact) mass is 285 g/mol. The Morgan fingerprint density at radius 2 is 1.90 bits per heavy atom. The van der Waals surface area contributed by atoms with Crippen molar-refractivity contribution in [3.63, 3.8) is 0 Å². The molecule has 21 heavy (non-hydrogen) atoms. The molecule has 1 aromatic heterocycles. The standard InChI is InChI=1S/C17H23N3O/c1-5-16-19-14(11-17(20-16)18-6-2)13-9-7-8-10-15(13)21-12(3)4/h7-12H,5-6H2,1-4H3,(H,18,19,20). The van der Waals surface area contributed by atoms with E-state index in [4.69, 9.17) is 4.74 Å². The Labute approximate surface area is 126 Å². The van der Waals surface area contributed by atoms with Gasteiger partial charge in [0.05, 0.1) is 11.8 Å². The highest BCUT2D eigenvalue weighted by Crippen LogP contribution is 2.30. The molecular formula is C17H23N3O. The minimum atomic E-state index is 0.131. The van der Waals surface area contributed by atoms with Crippen LogP contribution in [0.15, 0.2) is 30.3 Å². The van der Waals surface area contributed by atoms with Gasteiger partial charge in [-0.25, -0.2) is 9.97 Å². The Morgan fingerprint density at radius 3 is 2.57 bits per heavy atom. The van der Waals surface area contributed by atoms with Crippen LogP contribution >= 0.6 is 0 Å². The highest BCUT2D eigenvalue weighted by molar-refractivity contribution is 5.69. The largest absolute Gasteiger partial charge is 0.490 e. The number of hydrogen-bond acceptors (Lipinski definition) is 4. The number of aromatic nitrogens is 2. The molecule has 1 aromatic carbocycles. The molecule has 0 saturated heterocycles. The van der Waals surface area contributed by atoms with Gasteiger partial charge in [0.2, 0.25) is 0 Å². The summed E-state index contributed by atoms with van der Waals surface area (Å²) in [7, 11) is 0. The molecule has 1 N–H and O–H groups in total. The first kappa shape index (κ1) is 15.3. The molecule has 2 rings (SSSR count). The van der Waals surface area contributed by atoms with E-state index >= 15 is 0 Å². The van der Waals surface area contributed by atoms with Gasteiger partial charge >= 0.3 is 0 Å². The summed E-state index contributed by atoms with van der Waals surface area (Å²) in [5.74, 6) is 2.55. The van der Waals surface area contributed by atoms with Crippen LogP contribution in [0.1, 0.15) is 33.5 Å². The third kappa shape index (κ3) is 3.94. The second-order valence-corrected chi connectivity index (χ2v) is 5.10. The van der Waals surface area contributed by atoms with E-state index in [0.717, 1.165) is 41.6 Å². The summed E-state index contributed by atoms with van der Waals surface area (Å²) in [6, 6.07) is 9.98. The summed E-state index contributed by atoms with van der Waals surface area (Å²) in [5.41, 5.74) is 1.90. The smallest absolute Gasteiger partial charge is 0.131 e. The van der Waals surface area contributed by atoms with Crippen LogP contribution in [-0.4, -0.2) is 22.6 Å². The third-order valence-electron chi connectivity index (χ3n) is 2.97. The first-order chi connectivity index (χ1) is 10.1. The first-order valence-electron chi connectivity index (χ1n) is 7.51. The van der Waals surface area contributed by atoms with Gasteiger partial charge in [0.15, 0.2) is 0 Å². The zero-order chi connectivity index (χ0) is 15.2. The molecule has 4 heteroatoms. The molecule has 0 bridgehead atoms. The average Bonchev–Trinajstić information content (AvgIpc) is 2.47. The van der Waals surface area contributed by atoms with Crippen molar-refractivity contribution in [3.8, 4) is 17.0 Å². The Hall–Kier alpha value is -2.10.